The summed E-state index contributed by atoms with van der Waals surface area (Å²) in [5.41, 5.74) is 0.601. The van der Waals surface area contributed by atoms with Crippen molar-refractivity contribution in [3.05, 3.63) is 42.7 Å². The van der Waals surface area contributed by atoms with Crippen LogP contribution >= 0.6 is 0 Å². The van der Waals surface area contributed by atoms with E-state index in [0.717, 1.165) is 6.29 Å². The molecule has 0 N–H and O–H groups in total. The Balaban J connectivity index is 2.90. The second-order valence-electron chi connectivity index (χ2n) is 1.97. The van der Waals surface area contributed by atoms with Crippen LogP contribution in [0, 0.1) is 0 Å². The zero-order chi connectivity index (χ0) is 8.10. The molecule has 0 aliphatic carbocycles. The lowest BCUT2D eigenvalue weighted by molar-refractivity contribution is 0.112. The van der Waals surface area contributed by atoms with Crippen molar-refractivity contribution in [3.8, 4) is 5.75 Å². The second kappa shape index (κ2) is 3.56. The first-order valence-corrected chi connectivity index (χ1v) is 3.19. The fraction of sp³-hybridized carbons (Fsp3) is 0. The SMILES string of the molecule is C=COc1cccc(C=O)c1. The molecule has 0 amide bonds. The first-order chi connectivity index (χ1) is 5.36. The lowest BCUT2D eigenvalue weighted by Crippen LogP contribution is -1.83. The molecule has 1 aromatic rings. The third-order valence-corrected chi connectivity index (χ3v) is 1.21. The highest BCUT2D eigenvalue weighted by Gasteiger charge is 1.91. The average molecular weight is 148 g/mol. The van der Waals surface area contributed by atoms with Gasteiger partial charge in [0.25, 0.3) is 0 Å². The summed E-state index contributed by atoms with van der Waals surface area (Å²) < 4.78 is 4.95. The van der Waals surface area contributed by atoms with Gasteiger partial charge in [0, 0.05) is 5.56 Å². The van der Waals surface area contributed by atoms with Crippen LogP contribution in [0.5, 0.6) is 5.75 Å². The number of hydrogen-bond acceptors (Lipinski definition) is 2. The third-order valence-electron chi connectivity index (χ3n) is 1.21. The molecule has 0 bridgehead atoms. The molecule has 0 saturated heterocycles. The summed E-state index contributed by atoms with van der Waals surface area (Å²) in [7, 11) is 0. The van der Waals surface area contributed by atoms with Gasteiger partial charge in [-0.1, -0.05) is 18.7 Å². The summed E-state index contributed by atoms with van der Waals surface area (Å²) in [6, 6.07) is 6.87. The van der Waals surface area contributed by atoms with Crippen molar-refractivity contribution in [1.82, 2.24) is 0 Å². The molecule has 2 nitrogen and oxygen atoms in total. The van der Waals surface area contributed by atoms with Crippen molar-refractivity contribution in [1.29, 1.82) is 0 Å². The van der Waals surface area contributed by atoms with Crippen molar-refractivity contribution < 1.29 is 9.53 Å². The molecule has 11 heavy (non-hydrogen) atoms. The van der Waals surface area contributed by atoms with Gasteiger partial charge in [0.1, 0.15) is 12.0 Å². The van der Waals surface area contributed by atoms with E-state index in [2.05, 4.69) is 6.58 Å². The van der Waals surface area contributed by atoms with Gasteiger partial charge in [-0.3, -0.25) is 4.79 Å². The van der Waals surface area contributed by atoms with Gasteiger partial charge in [-0.05, 0) is 12.1 Å². The Bertz CT molecular complexity index is 266. The van der Waals surface area contributed by atoms with Crippen LogP contribution in [0.1, 0.15) is 10.4 Å². The molecule has 0 atom stereocenters. The first kappa shape index (κ1) is 7.54. The predicted octanol–water partition coefficient (Wildman–Crippen LogP) is 2.02. The number of benzene rings is 1. The fourth-order valence-electron chi connectivity index (χ4n) is 0.757. The maximum Gasteiger partial charge on any atom is 0.150 e. The zero-order valence-electron chi connectivity index (χ0n) is 5.99. The van der Waals surface area contributed by atoms with Gasteiger partial charge >= 0.3 is 0 Å². The van der Waals surface area contributed by atoms with Gasteiger partial charge in [0.05, 0.1) is 6.26 Å². The largest absolute Gasteiger partial charge is 0.466 e. The molecule has 0 aliphatic rings. The third kappa shape index (κ3) is 1.93. The van der Waals surface area contributed by atoms with E-state index in [1.165, 1.54) is 6.26 Å². The molecule has 0 fully saturated rings. The maximum absolute atomic E-state index is 10.3. The van der Waals surface area contributed by atoms with Crippen LogP contribution in [-0.2, 0) is 0 Å². The highest BCUT2D eigenvalue weighted by Crippen LogP contribution is 2.11. The van der Waals surface area contributed by atoms with Crippen molar-refractivity contribution >= 4 is 6.29 Å². The smallest absolute Gasteiger partial charge is 0.150 e. The van der Waals surface area contributed by atoms with E-state index in [1.54, 1.807) is 24.3 Å². The number of ether oxygens (including phenoxy) is 1. The Kier molecular flexibility index (Phi) is 2.44. The van der Waals surface area contributed by atoms with Crippen LogP contribution in [0.3, 0.4) is 0 Å². The van der Waals surface area contributed by atoms with E-state index in [-0.39, 0.29) is 0 Å². The average Bonchev–Trinajstić information content (AvgIpc) is 2.06. The Morgan fingerprint density at radius 3 is 2.91 bits per heavy atom. The van der Waals surface area contributed by atoms with Crippen LogP contribution in [-0.4, -0.2) is 6.29 Å². The topological polar surface area (TPSA) is 26.3 Å². The highest BCUT2D eigenvalue weighted by atomic mass is 16.5. The fourth-order valence-corrected chi connectivity index (χ4v) is 0.757. The molecule has 56 valence electrons. The van der Waals surface area contributed by atoms with Crippen LogP contribution < -0.4 is 4.74 Å². The molecular weight excluding hydrogens is 140 g/mol. The lowest BCUT2D eigenvalue weighted by Gasteiger charge is -1.98. The van der Waals surface area contributed by atoms with E-state index in [1.807, 2.05) is 0 Å². The van der Waals surface area contributed by atoms with E-state index in [4.69, 9.17) is 4.74 Å². The number of hydrogen-bond donors (Lipinski definition) is 0. The van der Waals surface area contributed by atoms with E-state index in [9.17, 15) is 4.79 Å². The van der Waals surface area contributed by atoms with Crippen molar-refractivity contribution in [3.63, 3.8) is 0 Å². The molecule has 2 heteroatoms. The van der Waals surface area contributed by atoms with E-state index in [0.29, 0.717) is 11.3 Å². The standard InChI is InChI=1S/C9H8O2/c1-2-11-9-5-3-4-8(6-9)7-10/h2-7H,1H2. The molecule has 1 aromatic carbocycles. The molecule has 0 heterocycles. The summed E-state index contributed by atoms with van der Waals surface area (Å²) in [4.78, 5) is 10.3. The van der Waals surface area contributed by atoms with Gasteiger partial charge in [-0.15, -0.1) is 0 Å². The molecule has 0 unspecified atom stereocenters. The quantitative estimate of drug-likeness (QED) is 0.484. The van der Waals surface area contributed by atoms with Gasteiger partial charge in [0.2, 0.25) is 0 Å². The normalized spacial score (nSPS) is 8.73. The molecule has 0 saturated carbocycles. The number of rotatable bonds is 3. The lowest BCUT2D eigenvalue weighted by atomic mass is 10.2. The van der Waals surface area contributed by atoms with Crippen LogP contribution in [0.25, 0.3) is 0 Å². The minimum absolute atomic E-state index is 0.601. The molecule has 0 spiro atoms. The molecular formula is C9H8O2. The van der Waals surface area contributed by atoms with Gasteiger partial charge < -0.3 is 4.74 Å². The Morgan fingerprint density at radius 2 is 2.27 bits per heavy atom. The summed E-state index contributed by atoms with van der Waals surface area (Å²) in [6.07, 6.45) is 2.10. The predicted molar refractivity (Wildman–Crippen MR) is 42.7 cm³/mol. The monoisotopic (exact) mass is 148 g/mol. The summed E-state index contributed by atoms with van der Waals surface area (Å²) in [6.45, 7) is 3.40. The van der Waals surface area contributed by atoms with Crippen molar-refractivity contribution in [2.75, 3.05) is 0 Å². The van der Waals surface area contributed by atoms with Crippen LogP contribution in [0.15, 0.2) is 37.1 Å². The minimum atomic E-state index is 0.601. The van der Waals surface area contributed by atoms with E-state index >= 15 is 0 Å². The van der Waals surface area contributed by atoms with Gasteiger partial charge in [0.15, 0.2) is 0 Å². The van der Waals surface area contributed by atoms with Crippen molar-refractivity contribution in [2.45, 2.75) is 0 Å². The summed E-state index contributed by atoms with van der Waals surface area (Å²) >= 11 is 0. The Hall–Kier alpha value is -1.57. The highest BCUT2D eigenvalue weighted by molar-refractivity contribution is 5.75. The van der Waals surface area contributed by atoms with Crippen molar-refractivity contribution in [2.24, 2.45) is 0 Å². The number of carbonyl (C=O) groups excluding carboxylic acids is 1. The zero-order valence-corrected chi connectivity index (χ0v) is 5.99. The molecule has 0 radical (unpaired) electrons. The molecule has 0 aromatic heterocycles. The first-order valence-electron chi connectivity index (χ1n) is 3.19. The minimum Gasteiger partial charge on any atom is -0.466 e. The van der Waals surface area contributed by atoms with Crippen LogP contribution in [0.4, 0.5) is 0 Å². The summed E-state index contributed by atoms with van der Waals surface area (Å²) in [5, 5.41) is 0. The summed E-state index contributed by atoms with van der Waals surface area (Å²) in [5.74, 6) is 0.629. The molecule has 1 rings (SSSR count). The second-order valence-corrected chi connectivity index (χ2v) is 1.97. The van der Waals surface area contributed by atoms with Gasteiger partial charge in [-0.25, -0.2) is 0 Å². The van der Waals surface area contributed by atoms with Crippen LogP contribution in [0.2, 0.25) is 0 Å². The Morgan fingerprint density at radius 1 is 1.45 bits per heavy atom. The Labute approximate surface area is 65.1 Å². The number of aldehydes is 1. The number of carbonyl (C=O) groups is 1. The maximum atomic E-state index is 10.3. The van der Waals surface area contributed by atoms with E-state index < -0.39 is 0 Å². The van der Waals surface area contributed by atoms with Gasteiger partial charge in [-0.2, -0.15) is 0 Å². The molecule has 0 aliphatic heterocycles.